The Morgan fingerprint density at radius 2 is 2.06 bits per heavy atom. The molecule has 1 saturated heterocycles. The van der Waals surface area contributed by atoms with Crippen molar-refractivity contribution in [3.8, 4) is 5.75 Å². The fraction of sp³-hybridized carbons (Fsp3) is 0.538. The monoisotopic (exact) mass is 283 g/mol. The third-order valence-electron chi connectivity index (χ3n) is 2.88. The first-order valence-electron chi connectivity index (χ1n) is 5.95. The second-order valence-corrected chi connectivity index (χ2v) is 5.12. The molecule has 1 aliphatic heterocycles. The third-order valence-corrected chi connectivity index (χ3v) is 3.38. The van der Waals surface area contributed by atoms with Gasteiger partial charge in [0.2, 0.25) is 0 Å². The Kier molecular flexibility index (Phi) is 4.67. The molecule has 1 aromatic rings. The molecule has 1 fully saturated rings. The Bertz CT molecular complexity index is 323. The molecule has 0 radical (unpaired) electrons. The fourth-order valence-corrected chi connectivity index (χ4v) is 2.42. The average Bonchev–Trinajstić information content (AvgIpc) is 2.77. The van der Waals surface area contributed by atoms with E-state index in [9.17, 15) is 0 Å². The van der Waals surface area contributed by atoms with E-state index in [1.165, 1.54) is 32.5 Å². The summed E-state index contributed by atoms with van der Waals surface area (Å²) in [5, 5.41) is 0. The van der Waals surface area contributed by atoms with Gasteiger partial charge in [0.15, 0.2) is 0 Å². The van der Waals surface area contributed by atoms with Crippen molar-refractivity contribution in [1.29, 1.82) is 0 Å². The predicted octanol–water partition coefficient (Wildman–Crippen LogP) is 3.31. The second-order valence-electron chi connectivity index (χ2n) is 4.21. The highest BCUT2D eigenvalue weighted by Gasteiger charge is 2.10. The number of hydrogen-bond acceptors (Lipinski definition) is 2. The number of benzene rings is 1. The van der Waals surface area contributed by atoms with Crippen molar-refractivity contribution in [1.82, 2.24) is 4.90 Å². The van der Waals surface area contributed by atoms with E-state index in [1.807, 2.05) is 24.3 Å². The van der Waals surface area contributed by atoms with Gasteiger partial charge in [-0.05, 0) is 50.6 Å². The van der Waals surface area contributed by atoms with Crippen LogP contribution in [0.25, 0.3) is 0 Å². The van der Waals surface area contributed by atoms with Gasteiger partial charge in [-0.3, -0.25) is 0 Å². The van der Waals surface area contributed by atoms with Gasteiger partial charge < -0.3 is 9.64 Å². The van der Waals surface area contributed by atoms with Gasteiger partial charge in [0.05, 0.1) is 6.61 Å². The van der Waals surface area contributed by atoms with Gasteiger partial charge in [0.1, 0.15) is 5.75 Å². The van der Waals surface area contributed by atoms with Crippen molar-refractivity contribution >= 4 is 15.9 Å². The summed E-state index contributed by atoms with van der Waals surface area (Å²) >= 11 is 3.44. The molecule has 0 N–H and O–H groups in total. The molecule has 0 saturated carbocycles. The summed E-state index contributed by atoms with van der Waals surface area (Å²) in [6.07, 6.45) is 3.85. The zero-order valence-electron chi connectivity index (χ0n) is 9.49. The molecule has 3 heteroatoms. The fourth-order valence-electron chi connectivity index (χ4n) is 2.04. The number of likely N-dealkylation sites (tertiary alicyclic amines) is 1. The highest BCUT2D eigenvalue weighted by atomic mass is 79.9. The van der Waals surface area contributed by atoms with Gasteiger partial charge in [-0.25, -0.2) is 0 Å². The van der Waals surface area contributed by atoms with Crippen LogP contribution in [-0.4, -0.2) is 31.1 Å². The standard InChI is InChI=1S/C13H18BrNO/c14-12-5-3-6-13(11-12)16-10-4-9-15-7-1-2-8-15/h3,5-6,11H,1-2,4,7-10H2. The van der Waals surface area contributed by atoms with Crippen molar-refractivity contribution in [3.05, 3.63) is 28.7 Å². The molecule has 0 aliphatic carbocycles. The van der Waals surface area contributed by atoms with Crippen LogP contribution in [0.5, 0.6) is 5.75 Å². The topological polar surface area (TPSA) is 12.5 Å². The third kappa shape index (κ3) is 3.80. The Morgan fingerprint density at radius 1 is 1.25 bits per heavy atom. The molecule has 88 valence electrons. The molecule has 0 unspecified atom stereocenters. The first-order chi connectivity index (χ1) is 7.84. The number of nitrogens with zero attached hydrogens (tertiary/aromatic N) is 1. The zero-order chi connectivity index (χ0) is 11.2. The van der Waals surface area contributed by atoms with Gasteiger partial charge >= 0.3 is 0 Å². The lowest BCUT2D eigenvalue weighted by Gasteiger charge is -2.14. The quantitative estimate of drug-likeness (QED) is 0.769. The minimum absolute atomic E-state index is 0.812. The first kappa shape index (κ1) is 11.9. The highest BCUT2D eigenvalue weighted by Crippen LogP contribution is 2.17. The van der Waals surface area contributed by atoms with Gasteiger partial charge in [0.25, 0.3) is 0 Å². The van der Waals surface area contributed by atoms with Crippen LogP contribution in [-0.2, 0) is 0 Å². The predicted molar refractivity (Wildman–Crippen MR) is 69.9 cm³/mol. The number of rotatable bonds is 5. The summed E-state index contributed by atoms with van der Waals surface area (Å²) in [5.41, 5.74) is 0. The van der Waals surface area contributed by atoms with Crippen molar-refractivity contribution in [2.75, 3.05) is 26.2 Å². The smallest absolute Gasteiger partial charge is 0.120 e. The van der Waals surface area contributed by atoms with Crippen molar-refractivity contribution < 1.29 is 4.74 Å². The maximum atomic E-state index is 5.69. The second kappa shape index (κ2) is 6.26. The molecule has 0 amide bonds. The summed E-state index contributed by atoms with van der Waals surface area (Å²) in [6, 6.07) is 8.02. The largest absolute Gasteiger partial charge is 0.494 e. The van der Waals surface area contributed by atoms with Crippen LogP contribution < -0.4 is 4.74 Å². The molecule has 0 atom stereocenters. The molecule has 0 spiro atoms. The van der Waals surface area contributed by atoms with Gasteiger partial charge in [-0.2, -0.15) is 0 Å². The Morgan fingerprint density at radius 3 is 2.81 bits per heavy atom. The van der Waals surface area contributed by atoms with Crippen LogP contribution in [0.15, 0.2) is 28.7 Å². The van der Waals surface area contributed by atoms with Crippen LogP contribution in [0.2, 0.25) is 0 Å². The highest BCUT2D eigenvalue weighted by molar-refractivity contribution is 9.10. The van der Waals surface area contributed by atoms with Gasteiger partial charge in [-0.1, -0.05) is 22.0 Å². The first-order valence-corrected chi connectivity index (χ1v) is 6.74. The lowest BCUT2D eigenvalue weighted by Crippen LogP contribution is -2.21. The summed E-state index contributed by atoms with van der Waals surface area (Å²) < 4.78 is 6.76. The Hall–Kier alpha value is -0.540. The van der Waals surface area contributed by atoms with Gasteiger partial charge in [0, 0.05) is 11.0 Å². The summed E-state index contributed by atoms with van der Waals surface area (Å²) in [7, 11) is 0. The van der Waals surface area contributed by atoms with E-state index in [4.69, 9.17) is 4.74 Å². The van der Waals surface area contributed by atoms with Crippen LogP contribution in [0.3, 0.4) is 0 Å². The maximum Gasteiger partial charge on any atom is 0.120 e. The van der Waals surface area contributed by atoms with E-state index in [1.54, 1.807) is 0 Å². The van der Waals surface area contributed by atoms with E-state index < -0.39 is 0 Å². The number of hydrogen-bond donors (Lipinski definition) is 0. The average molecular weight is 284 g/mol. The van der Waals surface area contributed by atoms with Crippen molar-refractivity contribution in [2.45, 2.75) is 19.3 Å². The minimum atomic E-state index is 0.812. The van der Waals surface area contributed by atoms with Crippen molar-refractivity contribution in [3.63, 3.8) is 0 Å². The Labute approximate surface area is 106 Å². The molecule has 1 heterocycles. The van der Waals surface area contributed by atoms with E-state index in [0.717, 1.165) is 23.2 Å². The lowest BCUT2D eigenvalue weighted by molar-refractivity contribution is 0.263. The van der Waals surface area contributed by atoms with E-state index in [-0.39, 0.29) is 0 Å². The van der Waals surface area contributed by atoms with Crippen LogP contribution >= 0.6 is 15.9 Å². The van der Waals surface area contributed by atoms with Crippen molar-refractivity contribution in [2.24, 2.45) is 0 Å². The Balaban J connectivity index is 1.64. The molecular formula is C13H18BrNO. The number of ether oxygens (including phenoxy) is 1. The maximum absolute atomic E-state index is 5.69. The van der Waals surface area contributed by atoms with E-state index in [0.29, 0.717) is 0 Å². The molecule has 1 aliphatic rings. The summed E-state index contributed by atoms with van der Waals surface area (Å²) in [5.74, 6) is 0.954. The van der Waals surface area contributed by atoms with Crippen LogP contribution in [0, 0.1) is 0 Å². The van der Waals surface area contributed by atoms with Crippen LogP contribution in [0.1, 0.15) is 19.3 Å². The molecule has 16 heavy (non-hydrogen) atoms. The summed E-state index contributed by atoms with van der Waals surface area (Å²) in [6.45, 7) is 4.54. The molecule has 1 aromatic carbocycles. The van der Waals surface area contributed by atoms with Gasteiger partial charge in [-0.15, -0.1) is 0 Å². The van der Waals surface area contributed by atoms with E-state index >= 15 is 0 Å². The molecule has 2 rings (SSSR count). The zero-order valence-corrected chi connectivity index (χ0v) is 11.1. The molecule has 2 nitrogen and oxygen atoms in total. The number of halogens is 1. The normalized spacial score (nSPS) is 16.6. The molecular weight excluding hydrogens is 266 g/mol. The minimum Gasteiger partial charge on any atom is -0.494 e. The summed E-state index contributed by atoms with van der Waals surface area (Å²) in [4.78, 5) is 2.52. The molecule has 0 aromatic heterocycles. The van der Waals surface area contributed by atoms with E-state index in [2.05, 4.69) is 20.8 Å². The van der Waals surface area contributed by atoms with Crippen LogP contribution in [0.4, 0.5) is 0 Å². The molecule has 0 bridgehead atoms. The SMILES string of the molecule is Brc1cccc(OCCCN2CCCC2)c1. The lowest BCUT2D eigenvalue weighted by atomic mass is 10.3.